The first kappa shape index (κ1) is 25.4. The van der Waals surface area contributed by atoms with E-state index in [1.165, 1.54) is 12.1 Å². The third-order valence-electron chi connectivity index (χ3n) is 3.72. The van der Waals surface area contributed by atoms with Crippen LogP contribution in [0.25, 0.3) is 0 Å². The highest BCUT2D eigenvalue weighted by atomic mass is 32.2. The molecule has 2 aromatic carbocycles. The maximum absolute atomic E-state index is 12.1. The molecule has 2 amide bonds. The standard InChI is InChI=1S/C19H17F3N4O6S/c20-19(21,22)32-14-5-7-15(8-6-14)33(29,30)24-10-9-17(27)25-26-18(28)12-31-16-4-2-1-3-13(16)11-23/h1-8,24H,9-10,12H2,(H,25,27)(H,26,28). The summed E-state index contributed by atoms with van der Waals surface area (Å²) in [6.07, 6.45) is -5.26. The summed E-state index contributed by atoms with van der Waals surface area (Å²) in [6.45, 7) is -0.837. The Labute approximate surface area is 186 Å². The van der Waals surface area contributed by atoms with Gasteiger partial charge in [0.25, 0.3) is 5.91 Å². The van der Waals surface area contributed by atoms with E-state index >= 15 is 0 Å². The lowest BCUT2D eigenvalue weighted by atomic mass is 10.2. The zero-order valence-electron chi connectivity index (χ0n) is 16.7. The topological polar surface area (TPSA) is 147 Å². The van der Waals surface area contributed by atoms with Gasteiger partial charge in [-0.1, -0.05) is 12.1 Å². The zero-order chi connectivity index (χ0) is 24.5. The number of nitrogens with zero attached hydrogens (tertiary/aromatic N) is 1. The maximum atomic E-state index is 12.1. The van der Waals surface area contributed by atoms with Crippen LogP contribution in [0, 0.1) is 11.3 Å². The highest BCUT2D eigenvalue weighted by Crippen LogP contribution is 2.23. The SMILES string of the molecule is N#Cc1ccccc1OCC(=O)NNC(=O)CCNS(=O)(=O)c1ccc(OC(F)(F)F)cc1. The van der Waals surface area contributed by atoms with Crippen LogP contribution >= 0.6 is 0 Å². The summed E-state index contributed by atoms with van der Waals surface area (Å²) < 4.78 is 71.6. The van der Waals surface area contributed by atoms with E-state index in [9.17, 15) is 31.2 Å². The van der Waals surface area contributed by atoms with Crippen molar-refractivity contribution in [3.8, 4) is 17.6 Å². The van der Waals surface area contributed by atoms with Crippen molar-refractivity contribution in [3.63, 3.8) is 0 Å². The molecule has 0 atom stereocenters. The first-order chi connectivity index (χ1) is 15.5. The Morgan fingerprint density at radius 1 is 1.00 bits per heavy atom. The number of benzene rings is 2. The van der Waals surface area contributed by atoms with E-state index in [1.807, 2.05) is 6.07 Å². The number of hydrogen-bond donors (Lipinski definition) is 3. The van der Waals surface area contributed by atoms with Gasteiger partial charge in [0.15, 0.2) is 6.61 Å². The van der Waals surface area contributed by atoms with Crippen LogP contribution in [-0.4, -0.2) is 39.7 Å². The van der Waals surface area contributed by atoms with Gasteiger partial charge in [0.05, 0.1) is 10.5 Å². The van der Waals surface area contributed by atoms with E-state index in [0.717, 1.165) is 24.3 Å². The van der Waals surface area contributed by atoms with Gasteiger partial charge in [-0.3, -0.25) is 20.4 Å². The molecular formula is C19H17F3N4O6S. The van der Waals surface area contributed by atoms with E-state index in [2.05, 4.69) is 20.3 Å². The molecule has 0 saturated carbocycles. The minimum Gasteiger partial charge on any atom is -0.482 e. The average molecular weight is 486 g/mol. The summed E-state index contributed by atoms with van der Waals surface area (Å²) in [6, 6.07) is 11.6. The molecule has 3 N–H and O–H groups in total. The molecule has 0 unspecified atom stereocenters. The number of sulfonamides is 1. The van der Waals surface area contributed by atoms with E-state index < -0.39 is 40.6 Å². The largest absolute Gasteiger partial charge is 0.573 e. The lowest BCUT2D eigenvalue weighted by Gasteiger charge is -2.11. The third kappa shape index (κ3) is 8.67. The van der Waals surface area contributed by atoms with Crippen LogP contribution in [-0.2, 0) is 19.6 Å². The molecule has 0 radical (unpaired) electrons. The predicted molar refractivity (Wildman–Crippen MR) is 106 cm³/mol. The van der Waals surface area contributed by atoms with Gasteiger partial charge in [0.2, 0.25) is 15.9 Å². The first-order valence-corrected chi connectivity index (χ1v) is 10.5. The maximum Gasteiger partial charge on any atom is 0.573 e. The molecular weight excluding hydrogens is 469 g/mol. The van der Waals surface area contributed by atoms with Crippen molar-refractivity contribution >= 4 is 21.8 Å². The van der Waals surface area contributed by atoms with Gasteiger partial charge in [0.1, 0.15) is 17.6 Å². The number of hydrogen-bond acceptors (Lipinski definition) is 7. The normalized spacial score (nSPS) is 11.2. The van der Waals surface area contributed by atoms with Crippen molar-refractivity contribution in [2.24, 2.45) is 0 Å². The molecule has 0 fully saturated rings. The Morgan fingerprint density at radius 2 is 1.64 bits per heavy atom. The highest BCUT2D eigenvalue weighted by Gasteiger charge is 2.31. The second-order valence-electron chi connectivity index (χ2n) is 6.16. The summed E-state index contributed by atoms with van der Waals surface area (Å²) in [7, 11) is -4.09. The van der Waals surface area contributed by atoms with Crippen molar-refractivity contribution in [1.82, 2.24) is 15.6 Å². The van der Waals surface area contributed by atoms with Crippen LogP contribution < -0.4 is 25.0 Å². The van der Waals surface area contributed by atoms with E-state index in [0.29, 0.717) is 0 Å². The van der Waals surface area contributed by atoms with Gasteiger partial charge >= 0.3 is 6.36 Å². The number of carbonyl (C=O) groups excluding carboxylic acids is 2. The Morgan fingerprint density at radius 3 is 2.27 bits per heavy atom. The summed E-state index contributed by atoms with van der Waals surface area (Å²) in [4.78, 5) is 23.1. The predicted octanol–water partition coefficient (Wildman–Crippen LogP) is 1.35. The van der Waals surface area contributed by atoms with Crippen LogP contribution in [0.5, 0.6) is 11.5 Å². The smallest absolute Gasteiger partial charge is 0.482 e. The fourth-order valence-electron chi connectivity index (χ4n) is 2.27. The molecule has 14 heteroatoms. The minimum absolute atomic E-state index is 0.189. The monoisotopic (exact) mass is 486 g/mol. The van der Waals surface area contributed by atoms with Gasteiger partial charge in [0, 0.05) is 13.0 Å². The minimum atomic E-state index is -4.91. The zero-order valence-corrected chi connectivity index (χ0v) is 17.5. The summed E-state index contributed by atoms with van der Waals surface area (Å²) in [5, 5.41) is 8.94. The Kier molecular flexibility index (Phi) is 8.60. The molecule has 33 heavy (non-hydrogen) atoms. The Balaban J connectivity index is 1.73. The number of halogens is 3. The number of alkyl halides is 3. The average Bonchev–Trinajstić information content (AvgIpc) is 2.75. The highest BCUT2D eigenvalue weighted by molar-refractivity contribution is 7.89. The quantitative estimate of drug-likeness (QED) is 0.454. The Hall–Kier alpha value is -3.83. The lowest BCUT2D eigenvalue weighted by Crippen LogP contribution is -2.44. The van der Waals surface area contributed by atoms with Crippen molar-refractivity contribution in [2.45, 2.75) is 17.7 Å². The van der Waals surface area contributed by atoms with Crippen molar-refractivity contribution in [3.05, 3.63) is 54.1 Å². The molecule has 2 aromatic rings. The van der Waals surface area contributed by atoms with Crippen LogP contribution in [0.2, 0.25) is 0 Å². The van der Waals surface area contributed by atoms with Crippen LogP contribution in [0.3, 0.4) is 0 Å². The van der Waals surface area contributed by atoms with Crippen LogP contribution in [0.1, 0.15) is 12.0 Å². The summed E-state index contributed by atoms with van der Waals surface area (Å²) >= 11 is 0. The molecule has 0 aliphatic rings. The number of nitriles is 1. The molecule has 0 saturated heterocycles. The van der Waals surface area contributed by atoms with Gasteiger partial charge in [-0.05, 0) is 36.4 Å². The number of nitrogens with one attached hydrogen (secondary N) is 3. The summed E-state index contributed by atoms with van der Waals surface area (Å²) in [5.74, 6) is -1.85. The molecule has 0 bridgehead atoms. The number of ether oxygens (including phenoxy) is 2. The van der Waals surface area contributed by atoms with E-state index in [4.69, 9.17) is 10.00 Å². The summed E-state index contributed by atoms with van der Waals surface area (Å²) in [5.41, 5.74) is 4.35. The van der Waals surface area contributed by atoms with Gasteiger partial charge in [-0.25, -0.2) is 13.1 Å². The molecule has 0 aliphatic heterocycles. The van der Waals surface area contributed by atoms with Gasteiger partial charge in [-0.2, -0.15) is 5.26 Å². The Bertz CT molecular complexity index is 1130. The number of rotatable bonds is 9. The van der Waals surface area contributed by atoms with Crippen molar-refractivity contribution in [1.29, 1.82) is 5.26 Å². The second kappa shape index (κ2) is 11.2. The third-order valence-corrected chi connectivity index (χ3v) is 5.20. The fourth-order valence-corrected chi connectivity index (χ4v) is 3.30. The van der Waals surface area contributed by atoms with Crippen LogP contribution in [0.15, 0.2) is 53.4 Å². The van der Waals surface area contributed by atoms with E-state index in [-0.39, 0.29) is 29.2 Å². The molecule has 0 heterocycles. The molecule has 0 aliphatic carbocycles. The van der Waals surface area contributed by atoms with Gasteiger partial charge in [-0.15, -0.1) is 13.2 Å². The van der Waals surface area contributed by atoms with Crippen molar-refractivity contribution < 1.29 is 40.7 Å². The molecule has 0 spiro atoms. The lowest BCUT2D eigenvalue weighted by molar-refractivity contribution is -0.274. The fraction of sp³-hybridized carbons (Fsp3) is 0.211. The van der Waals surface area contributed by atoms with Gasteiger partial charge < -0.3 is 9.47 Å². The van der Waals surface area contributed by atoms with E-state index in [1.54, 1.807) is 12.1 Å². The number of para-hydroxylation sites is 1. The number of amides is 2. The number of carbonyl (C=O) groups is 2. The van der Waals surface area contributed by atoms with Crippen molar-refractivity contribution in [2.75, 3.05) is 13.2 Å². The first-order valence-electron chi connectivity index (χ1n) is 9.05. The molecule has 10 nitrogen and oxygen atoms in total. The molecule has 2 rings (SSSR count). The molecule has 176 valence electrons. The number of hydrazine groups is 1. The molecule has 0 aromatic heterocycles. The van der Waals surface area contributed by atoms with Crippen LogP contribution in [0.4, 0.5) is 13.2 Å². The second-order valence-corrected chi connectivity index (χ2v) is 7.93.